The standard InChI is InChI=1S/C20H19NO3/c1-13(22)19-12-18(24-14(19)2)9-10-20(23)21-17-8-7-15-5-3-4-6-16(15)11-17/h3-8,11-12H,9-10H2,1-2H3,(H,21,23). The van der Waals surface area contributed by atoms with Gasteiger partial charge in [-0.2, -0.15) is 0 Å². The van der Waals surface area contributed by atoms with Gasteiger partial charge < -0.3 is 9.73 Å². The molecule has 0 aliphatic rings. The number of carbonyl (C=O) groups is 2. The van der Waals surface area contributed by atoms with E-state index < -0.39 is 0 Å². The van der Waals surface area contributed by atoms with Crippen LogP contribution in [0.3, 0.4) is 0 Å². The molecule has 1 heterocycles. The molecule has 0 unspecified atom stereocenters. The van der Waals surface area contributed by atoms with Crippen LogP contribution in [-0.2, 0) is 11.2 Å². The van der Waals surface area contributed by atoms with E-state index in [1.54, 1.807) is 13.0 Å². The average molecular weight is 321 g/mol. The van der Waals surface area contributed by atoms with Gasteiger partial charge in [0.1, 0.15) is 11.5 Å². The van der Waals surface area contributed by atoms with E-state index in [-0.39, 0.29) is 11.7 Å². The quantitative estimate of drug-likeness (QED) is 0.703. The van der Waals surface area contributed by atoms with E-state index in [0.29, 0.717) is 29.9 Å². The van der Waals surface area contributed by atoms with Crippen molar-refractivity contribution in [2.24, 2.45) is 0 Å². The molecule has 0 bridgehead atoms. The van der Waals surface area contributed by atoms with Crippen LogP contribution in [0, 0.1) is 6.92 Å². The zero-order valence-electron chi connectivity index (χ0n) is 13.8. The van der Waals surface area contributed by atoms with E-state index >= 15 is 0 Å². The summed E-state index contributed by atoms with van der Waals surface area (Å²) in [5.41, 5.74) is 1.36. The lowest BCUT2D eigenvalue weighted by atomic mass is 10.1. The Kier molecular flexibility index (Phi) is 4.47. The molecule has 2 aromatic carbocycles. The summed E-state index contributed by atoms with van der Waals surface area (Å²) in [6.45, 7) is 3.27. The van der Waals surface area contributed by atoms with E-state index in [0.717, 1.165) is 16.5 Å². The van der Waals surface area contributed by atoms with Gasteiger partial charge in [0.25, 0.3) is 0 Å². The summed E-state index contributed by atoms with van der Waals surface area (Å²) in [6.07, 6.45) is 0.769. The topological polar surface area (TPSA) is 59.3 Å². The minimum atomic E-state index is -0.0799. The van der Waals surface area contributed by atoms with Crippen molar-refractivity contribution in [2.75, 3.05) is 5.32 Å². The number of aryl methyl sites for hydroxylation is 2. The number of carbonyl (C=O) groups excluding carboxylic acids is 2. The molecule has 0 atom stereocenters. The van der Waals surface area contributed by atoms with Crippen molar-refractivity contribution < 1.29 is 14.0 Å². The van der Waals surface area contributed by atoms with Crippen LogP contribution in [-0.4, -0.2) is 11.7 Å². The zero-order valence-corrected chi connectivity index (χ0v) is 13.8. The summed E-state index contributed by atoms with van der Waals surface area (Å²) in [4.78, 5) is 23.6. The highest BCUT2D eigenvalue weighted by molar-refractivity contribution is 5.95. The highest BCUT2D eigenvalue weighted by atomic mass is 16.3. The first-order valence-corrected chi connectivity index (χ1v) is 7.92. The first-order valence-electron chi connectivity index (χ1n) is 7.92. The van der Waals surface area contributed by atoms with Crippen LogP contribution in [0.15, 0.2) is 52.9 Å². The van der Waals surface area contributed by atoms with Gasteiger partial charge in [-0.15, -0.1) is 0 Å². The molecule has 1 aromatic heterocycles. The van der Waals surface area contributed by atoms with E-state index in [1.165, 1.54) is 6.92 Å². The van der Waals surface area contributed by atoms with Crippen LogP contribution in [0.4, 0.5) is 5.69 Å². The normalized spacial score (nSPS) is 10.8. The Balaban J connectivity index is 1.62. The molecule has 3 aromatic rings. The molecular formula is C20H19NO3. The molecule has 0 saturated heterocycles. The summed E-state index contributed by atoms with van der Waals surface area (Å²) in [5.74, 6) is 1.16. The highest BCUT2D eigenvalue weighted by Gasteiger charge is 2.12. The van der Waals surface area contributed by atoms with Crippen molar-refractivity contribution in [3.05, 3.63) is 65.6 Å². The molecule has 0 spiro atoms. The molecule has 3 rings (SSSR count). The lowest BCUT2D eigenvalue weighted by Gasteiger charge is -2.06. The van der Waals surface area contributed by atoms with E-state index in [9.17, 15) is 9.59 Å². The smallest absolute Gasteiger partial charge is 0.224 e. The molecule has 0 radical (unpaired) electrons. The fourth-order valence-corrected chi connectivity index (χ4v) is 2.74. The Morgan fingerprint density at radius 3 is 2.50 bits per heavy atom. The third-order valence-electron chi connectivity index (χ3n) is 3.98. The monoisotopic (exact) mass is 321 g/mol. The van der Waals surface area contributed by atoms with Crippen LogP contribution >= 0.6 is 0 Å². The zero-order chi connectivity index (χ0) is 17.1. The summed E-state index contributed by atoms with van der Waals surface area (Å²) in [5, 5.41) is 5.12. The molecule has 0 aliphatic carbocycles. The van der Waals surface area contributed by atoms with Gasteiger partial charge in [-0.25, -0.2) is 0 Å². The fraction of sp³-hybridized carbons (Fsp3) is 0.200. The van der Waals surface area contributed by atoms with Gasteiger partial charge in [-0.1, -0.05) is 30.3 Å². The van der Waals surface area contributed by atoms with Gasteiger partial charge in [0.05, 0.1) is 5.56 Å². The SMILES string of the molecule is CC(=O)c1cc(CCC(=O)Nc2ccc3ccccc3c2)oc1C. The third-order valence-corrected chi connectivity index (χ3v) is 3.98. The number of anilines is 1. The molecule has 24 heavy (non-hydrogen) atoms. The molecule has 1 N–H and O–H groups in total. The molecule has 0 saturated carbocycles. The lowest BCUT2D eigenvalue weighted by Crippen LogP contribution is -2.12. The third kappa shape index (κ3) is 3.54. The van der Waals surface area contributed by atoms with Crippen molar-refractivity contribution in [2.45, 2.75) is 26.7 Å². The average Bonchev–Trinajstić information content (AvgIpc) is 2.94. The molecular weight excluding hydrogens is 302 g/mol. The van der Waals surface area contributed by atoms with Gasteiger partial charge in [-0.05, 0) is 42.8 Å². The van der Waals surface area contributed by atoms with Crippen LogP contribution in [0.2, 0.25) is 0 Å². The number of amides is 1. The van der Waals surface area contributed by atoms with Crippen LogP contribution < -0.4 is 5.32 Å². The van der Waals surface area contributed by atoms with Crippen molar-refractivity contribution in [3.63, 3.8) is 0 Å². The number of rotatable bonds is 5. The molecule has 4 nitrogen and oxygen atoms in total. The summed E-state index contributed by atoms with van der Waals surface area (Å²) in [6, 6.07) is 15.6. The van der Waals surface area contributed by atoms with Gasteiger partial charge in [0, 0.05) is 18.5 Å². The highest BCUT2D eigenvalue weighted by Crippen LogP contribution is 2.20. The van der Waals surface area contributed by atoms with Crippen molar-refractivity contribution >= 4 is 28.2 Å². The van der Waals surface area contributed by atoms with Crippen LogP contribution in [0.5, 0.6) is 0 Å². The van der Waals surface area contributed by atoms with Gasteiger partial charge >= 0.3 is 0 Å². The number of hydrogen-bond donors (Lipinski definition) is 1. The molecule has 0 aliphatic heterocycles. The van der Waals surface area contributed by atoms with Crippen molar-refractivity contribution in [1.29, 1.82) is 0 Å². The second kappa shape index (κ2) is 6.71. The number of hydrogen-bond acceptors (Lipinski definition) is 3. The van der Waals surface area contributed by atoms with Gasteiger partial charge in [0.15, 0.2) is 5.78 Å². The predicted octanol–water partition coefficient (Wildman–Crippen LogP) is 4.52. The summed E-state index contributed by atoms with van der Waals surface area (Å²) >= 11 is 0. The fourth-order valence-electron chi connectivity index (χ4n) is 2.74. The number of nitrogens with one attached hydrogen (secondary N) is 1. The maximum Gasteiger partial charge on any atom is 0.224 e. The predicted molar refractivity (Wildman–Crippen MR) is 94.3 cm³/mol. The van der Waals surface area contributed by atoms with Gasteiger partial charge in [-0.3, -0.25) is 9.59 Å². The number of furan rings is 1. The number of ketones is 1. The molecule has 1 amide bonds. The largest absolute Gasteiger partial charge is 0.466 e. The van der Waals surface area contributed by atoms with E-state index in [1.807, 2.05) is 42.5 Å². The van der Waals surface area contributed by atoms with E-state index in [4.69, 9.17) is 4.42 Å². The Morgan fingerprint density at radius 2 is 1.79 bits per heavy atom. The first kappa shape index (κ1) is 16.0. The molecule has 4 heteroatoms. The number of fused-ring (bicyclic) bond motifs is 1. The summed E-state index contributed by atoms with van der Waals surface area (Å²) in [7, 11) is 0. The minimum Gasteiger partial charge on any atom is -0.466 e. The van der Waals surface area contributed by atoms with Gasteiger partial charge in [0.2, 0.25) is 5.91 Å². The Labute approximate surface area is 140 Å². The molecule has 0 fully saturated rings. The Bertz CT molecular complexity index is 908. The maximum absolute atomic E-state index is 12.1. The Morgan fingerprint density at radius 1 is 1.04 bits per heavy atom. The van der Waals surface area contributed by atoms with E-state index in [2.05, 4.69) is 5.32 Å². The second-order valence-electron chi connectivity index (χ2n) is 5.85. The number of Topliss-reactive ketones (excluding diaryl/α,β-unsaturated/α-hetero) is 1. The number of benzene rings is 2. The Hall–Kier alpha value is -2.88. The van der Waals surface area contributed by atoms with Crippen molar-refractivity contribution in [3.8, 4) is 0 Å². The van der Waals surface area contributed by atoms with Crippen LogP contribution in [0.25, 0.3) is 10.8 Å². The minimum absolute atomic E-state index is 0.0249. The molecule has 122 valence electrons. The first-order chi connectivity index (χ1) is 11.5. The maximum atomic E-state index is 12.1. The second-order valence-corrected chi connectivity index (χ2v) is 5.85. The van der Waals surface area contributed by atoms with Crippen molar-refractivity contribution in [1.82, 2.24) is 0 Å². The summed E-state index contributed by atoms with van der Waals surface area (Å²) < 4.78 is 5.53. The van der Waals surface area contributed by atoms with Crippen LogP contribution in [0.1, 0.15) is 35.2 Å². The lowest BCUT2D eigenvalue weighted by molar-refractivity contribution is -0.116.